The highest BCUT2D eigenvalue weighted by Gasteiger charge is 2.23. The molecule has 1 fully saturated rings. The Morgan fingerprint density at radius 2 is 2.47 bits per heavy atom. The van der Waals surface area contributed by atoms with Gasteiger partial charge in [-0.3, -0.25) is 0 Å². The Kier molecular flexibility index (Phi) is 3.57. The molecule has 0 aromatic carbocycles. The number of aromatic nitrogens is 2. The maximum Gasteiger partial charge on any atom is 0.146 e. The van der Waals surface area contributed by atoms with Crippen LogP contribution in [0.15, 0.2) is 17.0 Å². The van der Waals surface area contributed by atoms with Crippen molar-refractivity contribution in [3.8, 4) is 0 Å². The van der Waals surface area contributed by atoms with Gasteiger partial charge in [-0.05, 0) is 34.7 Å². The van der Waals surface area contributed by atoms with Crippen molar-refractivity contribution in [1.82, 2.24) is 9.97 Å². The average molecular weight is 270 g/mol. The average Bonchev–Trinajstić information content (AvgIpc) is 2.68. The maximum absolute atomic E-state index is 4.32. The fourth-order valence-corrected chi connectivity index (χ4v) is 2.68. The number of nitrogens with zero attached hydrogens (tertiary/aromatic N) is 3. The van der Waals surface area contributed by atoms with Crippen molar-refractivity contribution >= 4 is 21.7 Å². The minimum Gasteiger partial charge on any atom is -0.355 e. The first-order chi connectivity index (χ1) is 7.31. The van der Waals surface area contributed by atoms with Crippen molar-refractivity contribution < 1.29 is 0 Å². The summed E-state index contributed by atoms with van der Waals surface area (Å²) >= 11 is 3.50. The topological polar surface area (TPSA) is 29.0 Å². The fraction of sp³-hybridized carbons (Fsp3) is 0.636. The number of halogens is 1. The third-order valence-corrected chi connectivity index (χ3v) is 3.49. The highest BCUT2D eigenvalue weighted by Crippen LogP contribution is 2.29. The molecule has 1 aromatic heterocycles. The van der Waals surface area contributed by atoms with Gasteiger partial charge in [0.15, 0.2) is 0 Å². The molecule has 0 N–H and O–H groups in total. The fourth-order valence-electron chi connectivity index (χ4n) is 2.21. The Bertz CT molecular complexity index is 329. The molecule has 0 amide bonds. The van der Waals surface area contributed by atoms with E-state index in [0.29, 0.717) is 0 Å². The van der Waals surface area contributed by atoms with Gasteiger partial charge in [0.2, 0.25) is 0 Å². The van der Waals surface area contributed by atoms with E-state index in [1.54, 1.807) is 6.33 Å². The first kappa shape index (κ1) is 10.9. The van der Waals surface area contributed by atoms with Gasteiger partial charge < -0.3 is 4.90 Å². The molecule has 1 saturated heterocycles. The van der Waals surface area contributed by atoms with E-state index >= 15 is 0 Å². The van der Waals surface area contributed by atoms with Crippen LogP contribution in [0.5, 0.6) is 0 Å². The van der Waals surface area contributed by atoms with E-state index in [0.717, 1.165) is 29.3 Å². The number of hydrogen-bond acceptors (Lipinski definition) is 3. The molecule has 1 aliphatic rings. The Morgan fingerprint density at radius 1 is 1.60 bits per heavy atom. The van der Waals surface area contributed by atoms with Gasteiger partial charge in [-0.2, -0.15) is 0 Å². The highest BCUT2D eigenvalue weighted by molar-refractivity contribution is 9.10. The summed E-state index contributed by atoms with van der Waals surface area (Å²) < 4.78 is 1.00. The molecule has 2 rings (SSSR count). The summed E-state index contributed by atoms with van der Waals surface area (Å²) in [6.07, 6.45) is 7.34. The standard InChI is InChI=1S/C11H16BrN3/c1-2-3-9-4-5-15(7-9)11-10(12)6-13-8-14-11/h6,8-9H,2-5,7H2,1H3. The molecule has 2 heterocycles. The van der Waals surface area contributed by atoms with Crippen LogP contribution in [0.1, 0.15) is 26.2 Å². The molecule has 1 unspecified atom stereocenters. The minimum absolute atomic E-state index is 0.844. The Labute approximate surface area is 99.0 Å². The Hall–Kier alpha value is -0.640. The maximum atomic E-state index is 4.32. The Morgan fingerprint density at radius 3 is 3.20 bits per heavy atom. The third-order valence-electron chi connectivity index (χ3n) is 2.93. The van der Waals surface area contributed by atoms with E-state index in [9.17, 15) is 0 Å². The molecule has 3 nitrogen and oxygen atoms in total. The van der Waals surface area contributed by atoms with Crippen LogP contribution in [0.4, 0.5) is 5.82 Å². The first-order valence-electron chi connectivity index (χ1n) is 5.51. The zero-order valence-electron chi connectivity index (χ0n) is 8.99. The molecule has 1 aliphatic heterocycles. The quantitative estimate of drug-likeness (QED) is 0.845. The number of anilines is 1. The minimum atomic E-state index is 0.844. The van der Waals surface area contributed by atoms with Crippen LogP contribution in [0.3, 0.4) is 0 Å². The van der Waals surface area contributed by atoms with Gasteiger partial charge in [0.05, 0.1) is 4.47 Å². The summed E-state index contributed by atoms with van der Waals surface area (Å²) in [5.74, 6) is 1.89. The van der Waals surface area contributed by atoms with Gasteiger partial charge in [-0.25, -0.2) is 9.97 Å². The number of rotatable bonds is 3. The van der Waals surface area contributed by atoms with Crippen molar-refractivity contribution in [2.75, 3.05) is 18.0 Å². The number of hydrogen-bond donors (Lipinski definition) is 0. The summed E-state index contributed by atoms with van der Waals surface area (Å²) in [7, 11) is 0. The van der Waals surface area contributed by atoms with Gasteiger partial charge in [-0.1, -0.05) is 13.3 Å². The van der Waals surface area contributed by atoms with Crippen LogP contribution in [-0.2, 0) is 0 Å². The van der Waals surface area contributed by atoms with Gasteiger partial charge >= 0.3 is 0 Å². The molecular formula is C11H16BrN3. The van der Waals surface area contributed by atoms with Crippen molar-refractivity contribution in [2.45, 2.75) is 26.2 Å². The van der Waals surface area contributed by atoms with E-state index in [2.05, 4.69) is 37.7 Å². The summed E-state index contributed by atoms with van der Waals surface area (Å²) in [4.78, 5) is 10.7. The van der Waals surface area contributed by atoms with Gasteiger partial charge in [0.25, 0.3) is 0 Å². The molecule has 1 atom stereocenters. The molecule has 0 spiro atoms. The van der Waals surface area contributed by atoms with Crippen molar-refractivity contribution in [2.24, 2.45) is 5.92 Å². The van der Waals surface area contributed by atoms with Crippen LogP contribution in [-0.4, -0.2) is 23.1 Å². The van der Waals surface area contributed by atoms with Crippen LogP contribution in [0.2, 0.25) is 0 Å². The van der Waals surface area contributed by atoms with Crippen molar-refractivity contribution in [3.63, 3.8) is 0 Å². The summed E-state index contributed by atoms with van der Waals surface area (Å²) in [6.45, 7) is 4.52. The highest BCUT2D eigenvalue weighted by atomic mass is 79.9. The lowest BCUT2D eigenvalue weighted by molar-refractivity contribution is 0.529. The molecular weight excluding hydrogens is 254 g/mol. The second-order valence-electron chi connectivity index (χ2n) is 4.08. The van der Waals surface area contributed by atoms with Crippen molar-refractivity contribution in [1.29, 1.82) is 0 Å². The second-order valence-corrected chi connectivity index (χ2v) is 4.94. The molecule has 0 aliphatic carbocycles. The molecule has 1 aromatic rings. The van der Waals surface area contributed by atoms with Crippen molar-refractivity contribution in [3.05, 3.63) is 17.0 Å². The van der Waals surface area contributed by atoms with Crippen LogP contribution in [0, 0.1) is 5.92 Å². The predicted molar refractivity (Wildman–Crippen MR) is 65.0 cm³/mol. The summed E-state index contributed by atoms with van der Waals surface area (Å²) in [5, 5.41) is 0. The second kappa shape index (κ2) is 4.92. The summed E-state index contributed by atoms with van der Waals surface area (Å²) in [5.41, 5.74) is 0. The monoisotopic (exact) mass is 269 g/mol. The SMILES string of the molecule is CCCC1CCN(c2ncncc2Br)C1. The smallest absolute Gasteiger partial charge is 0.146 e. The van der Waals surface area contributed by atoms with Crippen LogP contribution >= 0.6 is 15.9 Å². The lowest BCUT2D eigenvalue weighted by Gasteiger charge is -2.18. The molecule has 4 heteroatoms. The molecule has 82 valence electrons. The van der Waals surface area contributed by atoms with E-state index in [1.807, 2.05) is 6.20 Å². The molecule has 0 saturated carbocycles. The largest absolute Gasteiger partial charge is 0.355 e. The van der Waals surface area contributed by atoms with E-state index < -0.39 is 0 Å². The van der Waals surface area contributed by atoms with Gasteiger partial charge in [-0.15, -0.1) is 0 Å². The van der Waals surface area contributed by atoms with Crippen LogP contribution in [0.25, 0.3) is 0 Å². The lowest BCUT2D eigenvalue weighted by Crippen LogP contribution is -2.21. The zero-order valence-corrected chi connectivity index (χ0v) is 10.6. The van der Waals surface area contributed by atoms with Gasteiger partial charge in [0.1, 0.15) is 12.1 Å². The lowest BCUT2D eigenvalue weighted by atomic mass is 10.0. The normalized spacial score (nSPS) is 20.9. The molecule has 15 heavy (non-hydrogen) atoms. The molecule has 0 radical (unpaired) electrons. The van der Waals surface area contributed by atoms with E-state index in [4.69, 9.17) is 0 Å². The molecule has 0 bridgehead atoms. The third kappa shape index (κ3) is 2.48. The summed E-state index contributed by atoms with van der Waals surface area (Å²) in [6, 6.07) is 0. The van der Waals surface area contributed by atoms with Gasteiger partial charge in [0, 0.05) is 19.3 Å². The van der Waals surface area contributed by atoms with E-state index in [-0.39, 0.29) is 0 Å². The Balaban J connectivity index is 2.04. The predicted octanol–water partition coefficient (Wildman–Crippen LogP) is 2.87. The zero-order chi connectivity index (χ0) is 10.7. The van der Waals surface area contributed by atoms with Crippen LogP contribution < -0.4 is 4.90 Å². The van der Waals surface area contributed by atoms with E-state index in [1.165, 1.54) is 19.3 Å². The first-order valence-corrected chi connectivity index (χ1v) is 6.31.